The number of aryl methyl sites for hydroxylation is 1. The van der Waals surface area contributed by atoms with Crippen LogP contribution in [0.1, 0.15) is 112 Å². The number of thiazole rings is 1. The number of carbonyl (C=O) groups excluding carboxylic acids is 5. The van der Waals surface area contributed by atoms with Crippen molar-refractivity contribution in [3.63, 3.8) is 0 Å². The number of nitrogens with one attached hydrogen (secondary N) is 2. The summed E-state index contributed by atoms with van der Waals surface area (Å²) >= 11 is 1.20. The van der Waals surface area contributed by atoms with Gasteiger partial charge in [-0.05, 0) is 63.6 Å². The second kappa shape index (κ2) is 21.3. The number of amides is 3. The summed E-state index contributed by atoms with van der Waals surface area (Å²) in [5.74, 6) is -1.72. The van der Waals surface area contributed by atoms with Crippen molar-refractivity contribution in [1.82, 2.24) is 25.4 Å². The molecule has 1 saturated heterocycles. The van der Waals surface area contributed by atoms with E-state index in [0.29, 0.717) is 17.8 Å². The number of ketones is 1. The van der Waals surface area contributed by atoms with Crippen molar-refractivity contribution in [2.24, 2.45) is 23.7 Å². The summed E-state index contributed by atoms with van der Waals surface area (Å²) in [5.41, 5.74) is 2.29. The van der Waals surface area contributed by atoms with Crippen molar-refractivity contribution in [3.8, 4) is 0 Å². The first-order valence-corrected chi connectivity index (χ1v) is 20.2. The number of carbonyl (C=O) groups is 5. The number of nitrogens with zero attached hydrogens (tertiary/aromatic N) is 3. The highest BCUT2D eigenvalue weighted by Crippen LogP contribution is 2.33. The zero-order chi connectivity index (χ0) is 40.1. The smallest absolute Gasteiger partial charge is 0.407 e. The van der Waals surface area contributed by atoms with Crippen LogP contribution in [-0.2, 0) is 30.3 Å². The molecule has 3 amide bonds. The summed E-state index contributed by atoms with van der Waals surface area (Å²) < 4.78 is 10.8. The average molecular weight is 770 g/mol. The fourth-order valence-corrected chi connectivity index (χ4v) is 8.12. The van der Waals surface area contributed by atoms with Gasteiger partial charge in [-0.2, -0.15) is 0 Å². The third kappa shape index (κ3) is 12.6. The zero-order valence-electron chi connectivity index (χ0n) is 34.0. The number of aromatic nitrogens is 1. The minimum absolute atomic E-state index is 0.00556. The molecule has 300 valence electrons. The highest BCUT2D eigenvalue weighted by molar-refractivity contribution is 7.09. The number of likely N-dealkylation sites (N-methyl/N-ethyl adjacent to an activating group) is 1. The van der Waals surface area contributed by atoms with Crippen molar-refractivity contribution < 1.29 is 33.4 Å². The lowest BCUT2D eigenvalue weighted by Crippen LogP contribution is -2.48. The van der Waals surface area contributed by atoms with Crippen LogP contribution in [0.2, 0.25) is 0 Å². The lowest BCUT2D eigenvalue weighted by Gasteiger charge is -2.37. The quantitative estimate of drug-likeness (QED) is 0.156. The Hall–Kier alpha value is -3.84. The van der Waals surface area contributed by atoms with Crippen LogP contribution in [-0.4, -0.2) is 97.4 Å². The number of rotatable bonds is 19. The number of esters is 1. The van der Waals surface area contributed by atoms with E-state index >= 15 is 0 Å². The first-order valence-electron chi connectivity index (χ1n) is 19.4. The molecular weight excluding hydrogens is 707 g/mol. The second-order valence-corrected chi connectivity index (χ2v) is 16.3. The lowest BCUT2D eigenvalue weighted by atomic mass is 9.83. The van der Waals surface area contributed by atoms with Crippen LogP contribution in [0.4, 0.5) is 4.79 Å². The lowest BCUT2D eigenvalue weighted by molar-refractivity contribution is -0.145. The molecule has 2 heterocycles. The monoisotopic (exact) mass is 769 g/mol. The van der Waals surface area contributed by atoms with Crippen molar-refractivity contribution >= 4 is 41.0 Å². The van der Waals surface area contributed by atoms with Gasteiger partial charge in [-0.15, -0.1) is 11.3 Å². The molecule has 54 heavy (non-hydrogen) atoms. The molecule has 3 rings (SSSR count). The van der Waals surface area contributed by atoms with E-state index in [2.05, 4.69) is 20.5 Å². The number of benzene rings is 1. The summed E-state index contributed by atoms with van der Waals surface area (Å²) in [6.07, 6.45) is 3.42. The number of hydrogen-bond donors (Lipinski definition) is 2. The number of piperidine rings is 1. The predicted octanol–water partition coefficient (Wildman–Crippen LogP) is 6.37. The Kier molecular flexibility index (Phi) is 17.6. The third-order valence-corrected chi connectivity index (χ3v) is 11.9. The molecule has 12 nitrogen and oxygen atoms in total. The topological polar surface area (TPSA) is 147 Å². The first-order chi connectivity index (χ1) is 25.6. The SMILES string of the molecule is CC[C@H](C)[C@H](CC(=O)[C@H]1CCCCN1C)C(=O)N(C)[C@H](C[C@@H](OC(=O)NC)c1nc(C(=O)N[C@@H](Cc2ccc(C)cc2)CC(C)C(=O)OC)cs1)C(C)C. The number of likely N-dealkylation sites (tertiary alicyclic amines) is 1. The molecule has 0 saturated carbocycles. The molecule has 1 aliphatic rings. The molecule has 1 aliphatic heterocycles. The predicted molar refractivity (Wildman–Crippen MR) is 211 cm³/mol. The van der Waals surface area contributed by atoms with E-state index < -0.39 is 29.9 Å². The minimum Gasteiger partial charge on any atom is -0.469 e. The second-order valence-electron chi connectivity index (χ2n) is 15.4. The maximum absolute atomic E-state index is 14.3. The van der Waals surface area contributed by atoms with Gasteiger partial charge in [0, 0.05) is 50.3 Å². The summed E-state index contributed by atoms with van der Waals surface area (Å²) in [4.78, 5) is 75.0. The van der Waals surface area contributed by atoms with E-state index in [9.17, 15) is 24.0 Å². The van der Waals surface area contributed by atoms with Crippen LogP contribution in [0.15, 0.2) is 29.6 Å². The van der Waals surface area contributed by atoms with E-state index in [0.717, 1.165) is 43.4 Å². The normalized spacial score (nSPS) is 18.1. The fourth-order valence-electron chi connectivity index (χ4n) is 7.29. The van der Waals surface area contributed by atoms with Gasteiger partial charge in [-0.25, -0.2) is 9.78 Å². The van der Waals surface area contributed by atoms with Gasteiger partial charge in [0.25, 0.3) is 5.91 Å². The summed E-state index contributed by atoms with van der Waals surface area (Å²) in [6.45, 7) is 12.7. The van der Waals surface area contributed by atoms with Gasteiger partial charge in [0.2, 0.25) is 5.91 Å². The molecule has 1 aromatic heterocycles. The van der Waals surface area contributed by atoms with Crippen molar-refractivity contribution in [1.29, 1.82) is 0 Å². The molecule has 1 aromatic carbocycles. The van der Waals surface area contributed by atoms with Gasteiger partial charge in [-0.1, -0.05) is 77.3 Å². The average Bonchev–Trinajstić information content (AvgIpc) is 3.65. The molecule has 0 aliphatic carbocycles. The number of Topliss-reactive ketones (excluding diaryl/α,β-unsaturated/α-hetero) is 1. The number of hydrogen-bond acceptors (Lipinski definition) is 10. The fraction of sp³-hybridized carbons (Fsp3) is 0.659. The van der Waals surface area contributed by atoms with Crippen molar-refractivity contribution in [3.05, 3.63) is 51.5 Å². The van der Waals surface area contributed by atoms with Crippen LogP contribution >= 0.6 is 11.3 Å². The van der Waals surface area contributed by atoms with E-state index in [4.69, 9.17) is 9.47 Å². The van der Waals surface area contributed by atoms with Gasteiger partial charge >= 0.3 is 12.1 Å². The molecular formula is C41H63N5O7S. The molecule has 1 fully saturated rings. The van der Waals surface area contributed by atoms with Crippen LogP contribution in [0.25, 0.3) is 0 Å². The third-order valence-electron chi connectivity index (χ3n) is 10.9. The zero-order valence-corrected chi connectivity index (χ0v) is 34.8. The maximum atomic E-state index is 14.3. The Morgan fingerprint density at radius 1 is 1.06 bits per heavy atom. The first kappa shape index (κ1) is 44.6. The number of ether oxygens (including phenoxy) is 2. The molecule has 13 heteroatoms. The summed E-state index contributed by atoms with van der Waals surface area (Å²) in [7, 11) is 6.57. The molecule has 1 unspecified atom stereocenters. The molecule has 2 aromatic rings. The van der Waals surface area contributed by atoms with E-state index in [1.165, 1.54) is 25.5 Å². The number of alkyl carbamates (subject to hydrolysis) is 1. The van der Waals surface area contributed by atoms with Gasteiger partial charge in [0.05, 0.1) is 19.1 Å². The summed E-state index contributed by atoms with van der Waals surface area (Å²) in [6, 6.07) is 7.10. The maximum Gasteiger partial charge on any atom is 0.407 e. The Balaban J connectivity index is 1.84. The largest absolute Gasteiger partial charge is 0.469 e. The van der Waals surface area contributed by atoms with E-state index in [-0.39, 0.29) is 66.2 Å². The van der Waals surface area contributed by atoms with Gasteiger partial charge in [-0.3, -0.25) is 24.1 Å². The Morgan fingerprint density at radius 3 is 2.33 bits per heavy atom. The van der Waals surface area contributed by atoms with Crippen LogP contribution < -0.4 is 10.6 Å². The molecule has 2 N–H and O–H groups in total. The van der Waals surface area contributed by atoms with Crippen LogP contribution in [0.3, 0.4) is 0 Å². The van der Waals surface area contributed by atoms with Crippen molar-refractivity contribution in [2.75, 3.05) is 34.8 Å². The molecule has 7 atom stereocenters. The molecule has 0 spiro atoms. The summed E-state index contributed by atoms with van der Waals surface area (Å²) in [5, 5.41) is 7.62. The Morgan fingerprint density at radius 2 is 1.74 bits per heavy atom. The minimum atomic E-state index is -0.860. The standard InChI is InChI=1S/C41H63N5O7S/c1-11-27(5)31(22-35(47)33-14-12-13-19-45(33)8)39(49)46(9)34(25(2)3)23-36(53-41(51)42-7)38-44-32(24-54-38)37(48)43-30(20-28(6)40(50)52-10)21-29-17-15-26(4)16-18-29/h15-18,24-25,27-28,30-31,33-34,36H,11-14,19-23H2,1-10H3,(H,42,51)(H,43,48)/t27-,28?,30+,31-,33+,34+,36+/m0/s1. The molecule has 0 radical (unpaired) electrons. The van der Waals surface area contributed by atoms with Gasteiger partial charge in [0.15, 0.2) is 11.9 Å². The van der Waals surface area contributed by atoms with E-state index in [1.54, 1.807) is 24.3 Å². The van der Waals surface area contributed by atoms with Crippen molar-refractivity contribution in [2.45, 2.75) is 117 Å². The highest BCUT2D eigenvalue weighted by atomic mass is 32.1. The van der Waals surface area contributed by atoms with Crippen LogP contribution in [0.5, 0.6) is 0 Å². The highest BCUT2D eigenvalue weighted by Gasteiger charge is 2.38. The molecule has 0 bridgehead atoms. The van der Waals surface area contributed by atoms with E-state index in [1.807, 2.05) is 65.9 Å². The number of methoxy groups -OCH3 is 1. The Labute approximate surface area is 326 Å². The van der Waals surface area contributed by atoms with Crippen LogP contribution in [0, 0.1) is 30.6 Å². The van der Waals surface area contributed by atoms with Gasteiger partial charge < -0.3 is 25.0 Å². The Bertz CT molecular complexity index is 1550. The van der Waals surface area contributed by atoms with Gasteiger partial charge in [0.1, 0.15) is 10.7 Å².